The summed E-state index contributed by atoms with van der Waals surface area (Å²) in [6.45, 7) is 4.51. The monoisotopic (exact) mass is 242 g/mol. The molecular weight excluding hydrogens is 220 g/mol. The Balaban J connectivity index is 1.46. The number of nitrogens with zero attached hydrogens (tertiary/aromatic N) is 1. The van der Waals surface area contributed by atoms with E-state index in [1.165, 1.54) is 31.4 Å². The van der Waals surface area contributed by atoms with Crippen molar-refractivity contribution in [3.63, 3.8) is 0 Å². The van der Waals surface area contributed by atoms with Gasteiger partial charge in [-0.05, 0) is 24.8 Å². The van der Waals surface area contributed by atoms with Crippen molar-refractivity contribution in [1.29, 1.82) is 0 Å². The van der Waals surface area contributed by atoms with Crippen LogP contribution < -0.4 is 5.32 Å². The number of rotatable bonds is 5. The van der Waals surface area contributed by atoms with Crippen LogP contribution in [0.1, 0.15) is 24.8 Å². The molecule has 1 fully saturated rings. The summed E-state index contributed by atoms with van der Waals surface area (Å²) in [5, 5.41) is 3.60. The van der Waals surface area contributed by atoms with Crippen molar-refractivity contribution in [2.24, 2.45) is 0 Å². The van der Waals surface area contributed by atoms with Crippen LogP contribution in [0.25, 0.3) is 0 Å². The van der Waals surface area contributed by atoms with E-state index in [2.05, 4.69) is 46.6 Å². The molecule has 18 heavy (non-hydrogen) atoms. The van der Waals surface area contributed by atoms with Gasteiger partial charge < -0.3 is 5.32 Å². The summed E-state index contributed by atoms with van der Waals surface area (Å²) in [5.41, 5.74) is 3.02. The van der Waals surface area contributed by atoms with E-state index in [0.29, 0.717) is 0 Å². The minimum atomic E-state index is 0.827. The molecule has 0 amide bonds. The van der Waals surface area contributed by atoms with Gasteiger partial charge in [0.2, 0.25) is 0 Å². The topological polar surface area (TPSA) is 15.3 Å². The first kappa shape index (κ1) is 11.9. The lowest BCUT2D eigenvalue weighted by molar-refractivity contribution is 0.284. The molecule has 3 rings (SSSR count). The maximum atomic E-state index is 3.60. The summed E-state index contributed by atoms with van der Waals surface area (Å²) in [6.07, 6.45) is 6.41. The number of nitrogens with one attached hydrogen (secondary N) is 1. The molecule has 0 saturated heterocycles. The van der Waals surface area contributed by atoms with E-state index in [4.69, 9.17) is 0 Å². The quantitative estimate of drug-likeness (QED) is 0.798. The van der Waals surface area contributed by atoms with Gasteiger partial charge in [0, 0.05) is 32.2 Å². The maximum absolute atomic E-state index is 3.60. The largest absolute Gasteiger partial charge is 0.310 e. The first-order chi connectivity index (χ1) is 8.90. The molecule has 0 radical (unpaired) electrons. The molecule has 1 N–H and O–H groups in total. The van der Waals surface area contributed by atoms with Gasteiger partial charge >= 0.3 is 0 Å². The Bertz CT molecular complexity index is 406. The van der Waals surface area contributed by atoms with Crippen molar-refractivity contribution >= 4 is 0 Å². The lowest BCUT2D eigenvalue weighted by Crippen LogP contribution is -2.31. The molecule has 0 spiro atoms. The summed E-state index contributed by atoms with van der Waals surface area (Å²) in [4.78, 5) is 2.52. The molecule has 0 unspecified atom stereocenters. The fraction of sp³-hybridized carbons (Fsp3) is 0.500. The smallest absolute Gasteiger partial charge is 0.0237 e. The van der Waals surface area contributed by atoms with Crippen LogP contribution in [0.15, 0.2) is 42.0 Å². The highest BCUT2D eigenvalue weighted by Gasteiger charge is 2.21. The van der Waals surface area contributed by atoms with Gasteiger partial charge in [-0.1, -0.05) is 42.0 Å². The minimum Gasteiger partial charge on any atom is -0.310 e. The molecule has 0 aromatic heterocycles. The van der Waals surface area contributed by atoms with Gasteiger partial charge in [0.1, 0.15) is 0 Å². The van der Waals surface area contributed by atoms with Gasteiger partial charge in [-0.3, -0.25) is 4.90 Å². The van der Waals surface area contributed by atoms with E-state index in [9.17, 15) is 0 Å². The zero-order chi connectivity index (χ0) is 12.2. The standard InChI is InChI=1S/C16H22N2/c1-2-4-15(5-3-1)13-18-10-8-14(9-11-18)12-17-16-6-7-16/h1-5,8,16-17H,6-7,9-13H2. The van der Waals surface area contributed by atoms with Gasteiger partial charge in [-0.2, -0.15) is 0 Å². The molecule has 2 heteroatoms. The van der Waals surface area contributed by atoms with Crippen LogP contribution in [0.4, 0.5) is 0 Å². The molecule has 1 aliphatic carbocycles. The van der Waals surface area contributed by atoms with E-state index in [-0.39, 0.29) is 0 Å². The molecule has 2 aliphatic rings. The average Bonchev–Trinajstić information content (AvgIpc) is 3.23. The van der Waals surface area contributed by atoms with Gasteiger partial charge in [0.25, 0.3) is 0 Å². The van der Waals surface area contributed by atoms with Gasteiger partial charge in [0.15, 0.2) is 0 Å². The molecule has 1 aliphatic heterocycles. The van der Waals surface area contributed by atoms with E-state index in [1.807, 2.05) is 0 Å². The summed E-state index contributed by atoms with van der Waals surface area (Å²) in [5.74, 6) is 0. The van der Waals surface area contributed by atoms with E-state index < -0.39 is 0 Å². The van der Waals surface area contributed by atoms with Crippen molar-refractivity contribution in [2.75, 3.05) is 19.6 Å². The van der Waals surface area contributed by atoms with Crippen molar-refractivity contribution in [1.82, 2.24) is 10.2 Å². The van der Waals surface area contributed by atoms with Crippen LogP contribution >= 0.6 is 0 Å². The molecule has 0 bridgehead atoms. The fourth-order valence-corrected chi connectivity index (χ4v) is 2.46. The van der Waals surface area contributed by atoms with Crippen LogP contribution in [0, 0.1) is 0 Å². The zero-order valence-electron chi connectivity index (χ0n) is 10.9. The Labute approximate surface area is 110 Å². The first-order valence-electron chi connectivity index (χ1n) is 7.08. The highest BCUT2D eigenvalue weighted by atomic mass is 15.1. The normalized spacial score (nSPS) is 20.8. The third-order valence-corrected chi connectivity index (χ3v) is 3.83. The molecule has 1 aromatic rings. The Morgan fingerprint density at radius 1 is 1.17 bits per heavy atom. The Morgan fingerprint density at radius 3 is 2.67 bits per heavy atom. The number of hydrogen-bond acceptors (Lipinski definition) is 2. The van der Waals surface area contributed by atoms with Crippen molar-refractivity contribution < 1.29 is 0 Å². The third-order valence-electron chi connectivity index (χ3n) is 3.83. The van der Waals surface area contributed by atoms with E-state index in [1.54, 1.807) is 5.57 Å². The van der Waals surface area contributed by atoms with Crippen LogP contribution in [-0.2, 0) is 6.54 Å². The van der Waals surface area contributed by atoms with Crippen LogP contribution in [0.5, 0.6) is 0 Å². The minimum absolute atomic E-state index is 0.827. The first-order valence-corrected chi connectivity index (χ1v) is 7.08. The maximum Gasteiger partial charge on any atom is 0.0237 e. The van der Waals surface area contributed by atoms with Crippen LogP contribution in [0.2, 0.25) is 0 Å². The Hall–Kier alpha value is -1.12. The lowest BCUT2D eigenvalue weighted by Gasteiger charge is -2.26. The zero-order valence-corrected chi connectivity index (χ0v) is 10.9. The SMILES string of the molecule is C1=C(CNC2CC2)CCN(Cc2ccccc2)C1. The molecule has 1 aromatic carbocycles. The predicted octanol–water partition coefficient (Wildman–Crippen LogP) is 2.57. The fourth-order valence-electron chi connectivity index (χ4n) is 2.46. The molecule has 2 nitrogen and oxygen atoms in total. The van der Waals surface area contributed by atoms with Crippen LogP contribution in [-0.4, -0.2) is 30.6 Å². The summed E-state index contributed by atoms with van der Waals surface area (Å²) >= 11 is 0. The van der Waals surface area contributed by atoms with Crippen molar-refractivity contribution in [3.8, 4) is 0 Å². The highest BCUT2D eigenvalue weighted by molar-refractivity contribution is 5.16. The van der Waals surface area contributed by atoms with Gasteiger partial charge in [-0.25, -0.2) is 0 Å². The molecule has 1 heterocycles. The second-order valence-electron chi connectivity index (χ2n) is 5.49. The average molecular weight is 242 g/mol. The number of hydrogen-bond donors (Lipinski definition) is 1. The highest BCUT2D eigenvalue weighted by Crippen LogP contribution is 2.20. The molecular formula is C16H22N2. The Kier molecular flexibility index (Phi) is 3.77. The molecule has 0 atom stereocenters. The molecule has 1 saturated carbocycles. The van der Waals surface area contributed by atoms with Crippen molar-refractivity contribution in [2.45, 2.75) is 31.8 Å². The summed E-state index contributed by atoms with van der Waals surface area (Å²) < 4.78 is 0. The van der Waals surface area contributed by atoms with Crippen molar-refractivity contribution in [3.05, 3.63) is 47.5 Å². The second-order valence-corrected chi connectivity index (χ2v) is 5.49. The Morgan fingerprint density at radius 2 is 2.00 bits per heavy atom. The van der Waals surface area contributed by atoms with Crippen LogP contribution in [0.3, 0.4) is 0 Å². The lowest BCUT2D eigenvalue weighted by atomic mass is 10.1. The van der Waals surface area contributed by atoms with Gasteiger partial charge in [-0.15, -0.1) is 0 Å². The molecule has 96 valence electrons. The second kappa shape index (κ2) is 5.68. The van der Waals surface area contributed by atoms with Gasteiger partial charge in [0.05, 0.1) is 0 Å². The van der Waals surface area contributed by atoms with E-state index in [0.717, 1.165) is 25.7 Å². The third kappa shape index (κ3) is 3.44. The summed E-state index contributed by atoms with van der Waals surface area (Å²) in [7, 11) is 0. The van der Waals surface area contributed by atoms with E-state index >= 15 is 0 Å². The summed E-state index contributed by atoms with van der Waals surface area (Å²) in [6, 6.07) is 11.6. The predicted molar refractivity (Wildman–Crippen MR) is 75.4 cm³/mol. The number of benzene rings is 1.